The summed E-state index contributed by atoms with van der Waals surface area (Å²) in [4.78, 5) is 13.6. The van der Waals surface area contributed by atoms with Crippen LogP contribution >= 0.6 is 0 Å². The highest BCUT2D eigenvalue weighted by Gasteiger charge is 2.30. The fourth-order valence-corrected chi connectivity index (χ4v) is 1.41. The van der Waals surface area contributed by atoms with Gasteiger partial charge < -0.3 is 0 Å². The number of benzene rings is 1. The van der Waals surface area contributed by atoms with Crippen molar-refractivity contribution in [2.75, 3.05) is 5.43 Å². The van der Waals surface area contributed by atoms with Crippen molar-refractivity contribution in [2.24, 2.45) is 5.10 Å². The van der Waals surface area contributed by atoms with E-state index in [0.29, 0.717) is 0 Å². The summed E-state index contributed by atoms with van der Waals surface area (Å²) < 4.78 is 37.6. The van der Waals surface area contributed by atoms with E-state index >= 15 is 0 Å². The third kappa shape index (κ3) is 3.88. The van der Waals surface area contributed by atoms with E-state index in [0.717, 1.165) is 12.1 Å². The Bertz CT molecular complexity index is 723. The van der Waals surface area contributed by atoms with Gasteiger partial charge in [0, 0.05) is 0 Å². The Hall–Kier alpha value is -2.71. The Morgan fingerprint density at radius 2 is 2.10 bits per heavy atom. The van der Waals surface area contributed by atoms with Crippen LogP contribution in [0.2, 0.25) is 0 Å². The molecule has 1 aromatic heterocycles. The molecule has 2 N–H and O–H groups in total. The van der Waals surface area contributed by atoms with Crippen molar-refractivity contribution in [3.8, 4) is 0 Å². The van der Waals surface area contributed by atoms with Crippen LogP contribution in [0, 0.1) is 6.92 Å². The minimum atomic E-state index is -4.41. The zero-order valence-corrected chi connectivity index (χ0v) is 10.8. The van der Waals surface area contributed by atoms with Gasteiger partial charge in [0.15, 0.2) is 0 Å². The van der Waals surface area contributed by atoms with E-state index in [4.69, 9.17) is 0 Å². The van der Waals surface area contributed by atoms with Gasteiger partial charge in [0.1, 0.15) is 5.69 Å². The van der Waals surface area contributed by atoms with Crippen molar-refractivity contribution in [1.82, 2.24) is 15.2 Å². The molecule has 0 spiro atoms. The first-order valence-corrected chi connectivity index (χ1v) is 5.76. The normalized spacial score (nSPS) is 11.8. The summed E-state index contributed by atoms with van der Waals surface area (Å²) in [6.45, 7) is 1.49. The van der Waals surface area contributed by atoms with Gasteiger partial charge in [0.05, 0.1) is 11.8 Å². The minimum absolute atomic E-state index is 0.00572. The lowest BCUT2D eigenvalue weighted by Gasteiger charge is -2.06. The third-order valence-corrected chi connectivity index (χ3v) is 2.46. The van der Waals surface area contributed by atoms with Gasteiger partial charge in [-0.2, -0.15) is 18.3 Å². The number of halogens is 3. The van der Waals surface area contributed by atoms with Gasteiger partial charge in [0.25, 0.3) is 5.56 Å². The number of nitrogens with zero attached hydrogens (tertiary/aromatic N) is 3. The van der Waals surface area contributed by atoms with Crippen molar-refractivity contribution in [3.05, 3.63) is 51.4 Å². The van der Waals surface area contributed by atoms with Crippen LogP contribution in [0.1, 0.15) is 16.8 Å². The molecule has 0 bridgehead atoms. The molecule has 0 aliphatic carbocycles. The Labute approximate surface area is 116 Å². The number of H-pyrrole nitrogens is 1. The molecule has 110 valence electrons. The van der Waals surface area contributed by atoms with Crippen LogP contribution in [0.25, 0.3) is 0 Å². The first-order valence-electron chi connectivity index (χ1n) is 5.76. The maximum atomic E-state index is 12.5. The maximum absolute atomic E-state index is 12.5. The molecule has 1 aromatic carbocycles. The average Bonchev–Trinajstić information content (AvgIpc) is 2.42. The number of aromatic nitrogens is 3. The largest absolute Gasteiger partial charge is 0.416 e. The molecule has 2 aromatic rings. The molecule has 9 heteroatoms. The smallest absolute Gasteiger partial charge is 0.288 e. The summed E-state index contributed by atoms with van der Waals surface area (Å²) in [5, 5.41) is 10.9. The van der Waals surface area contributed by atoms with Gasteiger partial charge in [-0.15, -0.1) is 10.2 Å². The molecule has 0 amide bonds. The van der Waals surface area contributed by atoms with E-state index in [1.165, 1.54) is 25.3 Å². The predicted octanol–water partition coefficient (Wildman–Crippen LogP) is 1.94. The van der Waals surface area contributed by atoms with Crippen LogP contribution in [-0.4, -0.2) is 21.4 Å². The predicted molar refractivity (Wildman–Crippen MR) is 70.1 cm³/mol. The number of rotatable bonds is 3. The molecule has 0 saturated carbocycles. The number of hydrazone groups is 1. The second-order valence-corrected chi connectivity index (χ2v) is 4.08. The second-order valence-electron chi connectivity index (χ2n) is 4.08. The molecule has 21 heavy (non-hydrogen) atoms. The summed E-state index contributed by atoms with van der Waals surface area (Å²) in [6.07, 6.45) is -3.24. The van der Waals surface area contributed by atoms with E-state index in [1.54, 1.807) is 0 Å². The number of hydrogen-bond donors (Lipinski definition) is 2. The van der Waals surface area contributed by atoms with Gasteiger partial charge >= 0.3 is 6.18 Å². The van der Waals surface area contributed by atoms with Crippen LogP contribution in [-0.2, 0) is 6.18 Å². The molecule has 0 unspecified atom stereocenters. The SMILES string of the molecule is Cc1nnc(N/N=C\c2cccc(C(F)(F)F)c2)[nH]c1=O. The van der Waals surface area contributed by atoms with Crippen LogP contribution in [0.15, 0.2) is 34.2 Å². The Balaban J connectivity index is 2.11. The molecule has 0 aliphatic rings. The number of nitrogens with one attached hydrogen (secondary N) is 2. The monoisotopic (exact) mass is 297 g/mol. The van der Waals surface area contributed by atoms with Gasteiger partial charge in [-0.1, -0.05) is 12.1 Å². The van der Waals surface area contributed by atoms with E-state index in [9.17, 15) is 18.0 Å². The standard InChI is InChI=1S/C12H10F3N5O/c1-7-10(21)17-11(20-18-7)19-16-6-8-3-2-4-9(5-8)12(13,14)15/h2-6H,1H3,(H2,17,19,20,21)/b16-6-. The van der Waals surface area contributed by atoms with Crippen molar-refractivity contribution < 1.29 is 13.2 Å². The van der Waals surface area contributed by atoms with Gasteiger partial charge in [-0.25, -0.2) is 5.43 Å². The summed E-state index contributed by atoms with van der Waals surface area (Å²) in [6, 6.07) is 4.66. The number of aryl methyl sites for hydroxylation is 1. The van der Waals surface area contributed by atoms with Crippen LogP contribution in [0.4, 0.5) is 19.1 Å². The number of alkyl halides is 3. The molecule has 0 fully saturated rings. The zero-order valence-electron chi connectivity index (χ0n) is 10.8. The highest BCUT2D eigenvalue weighted by Crippen LogP contribution is 2.29. The highest BCUT2D eigenvalue weighted by molar-refractivity contribution is 5.80. The fourth-order valence-electron chi connectivity index (χ4n) is 1.41. The lowest BCUT2D eigenvalue weighted by Crippen LogP contribution is -2.15. The van der Waals surface area contributed by atoms with Crippen molar-refractivity contribution in [1.29, 1.82) is 0 Å². The first-order chi connectivity index (χ1) is 9.86. The Morgan fingerprint density at radius 1 is 1.33 bits per heavy atom. The van der Waals surface area contributed by atoms with E-state index in [2.05, 4.69) is 25.7 Å². The molecule has 0 aliphatic heterocycles. The van der Waals surface area contributed by atoms with Gasteiger partial charge in [0.2, 0.25) is 5.95 Å². The summed E-state index contributed by atoms with van der Waals surface area (Å²) in [5.74, 6) is -0.00572. The van der Waals surface area contributed by atoms with Crippen LogP contribution in [0.5, 0.6) is 0 Å². The molecule has 1 heterocycles. The Kier molecular flexibility index (Phi) is 4.01. The molecule has 6 nitrogen and oxygen atoms in total. The average molecular weight is 297 g/mol. The summed E-state index contributed by atoms with van der Waals surface area (Å²) in [7, 11) is 0. The van der Waals surface area contributed by atoms with E-state index in [-0.39, 0.29) is 17.2 Å². The minimum Gasteiger partial charge on any atom is -0.288 e. The number of aromatic amines is 1. The summed E-state index contributed by atoms with van der Waals surface area (Å²) in [5.41, 5.74) is 1.63. The number of anilines is 1. The maximum Gasteiger partial charge on any atom is 0.416 e. The molecule has 0 radical (unpaired) electrons. The zero-order chi connectivity index (χ0) is 15.5. The van der Waals surface area contributed by atoms with E-state index < -0.39 is 17.3 Å². The lowest BCUT2D eigenvalue weighted by molar-refractivity contribution is -0.137. The third-order valence-electron chi connectivity index (χ3n) is 2.46. The molecule has 0 atom stereocenters. The molecular formula is C12H10F3N5O. The quantitative estimate of drug-likeness (QED) is 0.670. The van der Waals surface area contributed by atoms with E-state index in [1.807, 2.05) is 0 Å². The van der Waals surface area contributed by atoms with Crippen molar-refractivity contribution in [2.45, 2.75) is 13.1 Å². The van der Waals surface area contributed by atoms with Crippen LogP contribution in [0.3, 0.4) is 0 Å². The first kappa shape index (κ1) is 14.7. The molecular weight excluding hydrogens is 287 g/mol. The van der Waals surface area contributed by atoms with Gasteiger partial charge in [-0.05, 0) is 24.6 Å². The topological polar surface area (TPSA) is 83.0 Å². The fraction of sp³-hybridized carbons (Fsp3) is 0.167. The molecule has 0 saturated heterocycles. The lowest BCUT2D eigenvalue weighted by atomic mass is 10.1. The second kappa shape index (κ2) is 5.73. The van der Waals surface area contributed by atoms with Gasteiger partial charge in [-0.3, -0.25) is 9.78 Å². The summed E-state index contributed by atoms with van der Waals surface area (Å²) >= 11 is 0. The molecule has 2 rings (SSSR count). The van der Waals surface area contributed by atoms with Crippen LogP contribution < -0.4 is 11.0 Å². The van der Waals surface area contributed by atoms with Crippen molar-refractivity contribution >= 4 is 12.2 Å². The van der Waals surface area contributed by atoms with Crippen molar-refractivity contribution in [3.63, 3.8) is 0 Å². The number of hydrogen-bond acceptors (Lipinski definition) is 5. The highest BCUT2D eigenvalue weighted by atomic mass is 19.4. The Morgan fingerprint density at radius 3 is 2.76 bits per heavy atom.